The number of phenols is 2. The second-order valence-electron chi connectivity index (χ2n) is 27.1. The first-order chi connectivity index (χ1) is 49.2. The van der Waals surface area contributed by atoms with Crippen molar-refractivity contribution in [2.45, 2.75) is 134 Å². The number of aromatic hydroxyl groups is 2. The Labute approximate surface area is 587 Å². The highest BCUT2D eigenvalue weighted by atomic mass is 16.7. The summed E-state index contributed by atoms with van der Waals surface area (Å²) in [7, 11) is 3.07. The SMILES string of the molecule is C=CCOC(=O)N1c2cc(OCc3cccc(CC(=O)N4C[C@@H](C)c5c4cc(O)c4ccccc54)c3)c(OC)cc2C(=O)N2CCCC[C@H]2C1OC1CCCCO1.COc1cc2c(cc1OCc1cccc(CC(=O)N3C[C@@H](C)c4c3cc(O)c3ccccc43)c1)N=C[C@@H]1CCCCN1C2=O. The van der Waals surface area contributed by atoms with Crippen molar-refractivity contribution < 1.29 is 67.3 Å². The highest BCUT2D eigenvalue weighted by molar-refractivity contribution is 6.08. The van der Waals surface area contributed by atoms with Crippen molar-refractivity contribution in [1.29, 1.82) is 0 Å². The number of rotatable bonds is 16. The van der Waals surface area contributed by atoms with Crippen LogP contribution in [0.5, 0.6) is 34.5 Å². The molecular weight excluding hydrogens is 1280 g/mol. The minimum absolute atomic E-state index is 0.0189. The van der Waals surface area contributed by atoms with E-state index >= 15 is 0 Å². The number of nitrogens with zero attached hydrogens (tertiary/aromatic N) is 6. The van der Waals surface area contributed by atoms with Crippen LogP contribution in [0.25, 0.3) is 21.5 Å². The molecule has 15 rings (SSSR count). The van der Waals surface area contributed by atoms with Gasteiger partial charge in [-0.3, -0.25) is 24.2 Å². The lowest BCUT2D eigenvalue weighted by Crippen LogP contribution is -2.57. The summed E-state index contributed by atoms with van der Waals surface area (Å²) in [4.78, 5) is 82.5. The predicted octanol–water partition coefficient (Wildman–Crippen LogP) is 14.4. The van der Waals surface area contributed by atoms with E-state index in [0.717, 1.165) is 118 Å². The lowest BCUT2D eigenvalue weighted by atomic mass is 9.95. The number of methoxy groups -OCH3 is 2. The maximum Gasteiger partial charge on any atom is 0.416 e. The van der Waals surface area contributed by atoms with Crippen LogP contribution in [0.3, 0.4) is 0 Å². The number of fused-ring (bicyclic) bond motifs is 10. The number of phenolic OH excluding ortho intramolecular Hbond substituents is 2. The average Bonchev–Trinajstić information content (AvgIpc) is 1.64. The van der Waals surface area contributed by atoms with E-state index in [1.165, 1.54) is 18.1 Å². The third-order valence-electron chi connectivity index (χ3n) is 20.5. The van der Waals surface area contributed by atoms with Crippen molar-refractivity contribution in [3.63, 3.8) is 0 Å². The number of anilines is 3. The number of hydrogen-bond donors (Lipinski definition) is 2. The summed E-state index contributed by atoms with van der Waals surface area (Å²) in [5, 5.41) is 25.0. The maximum atomic E-state index is 14.3. The number of piperidine rings is 2. The molecule has 8 aromatic carbocycles. The molecule has 0 radical (unpaired) electrons. The van der Waals surface area contributed by atoms with E-state index in [-0.39, 0.29) is 91.2 Å². The van der Waals surface area contributed by atoms with Crippen LogP contribution >= 0.6 is 0 Å². The molecule has 3 fully saturated rings. The van der Waals surface area contributed by atoms with Crippen LogP contribution in [0.1, 0.15) is 138 Å². The molecule has 6 atom stereocenters. The van der Waals surface area contributed by atoms with Gasteiger partial charge in [0.05, 0.1) is 73.0 Å². The normalized spacial score (nSPS) is 20.5. The maximum absolute atomic E-state index is 14.3. The van der Waals surface area contributed by atoms with Crippen molar-refractivity contribution in [1.82, 2.24) is 9.80 Å². The number of aliphatic imine (C=N–C) groups is 1. The average molecular weight is 1370 g/mol. The highest BCUT2D eigenvalue weighted by Gasteiger charge is 2.47. The Morgan fingerprint density at radius 2 is 1.12 bits per heavy atom. The van der Waals surface area contributed by atoms with Gasteiger partial charge in [-0.2, -0.15) is 0 Å². The summed E-state index contributed by atoms with van der Waals surface area (Å²) >= 11 is 0. The number of carbonyl (C=O) groups excluding carboxylic acids is 5. The van der Waals surface area contributed by atoms with E-state index in [1.807, 2.05) is 108 Å². The van der Waals surface area contributed by atoms with Gasteiger partial charge in [0, 0.05) is 85.9 Å². The third kappa shape index (κ3) is 13.6. The quantitative estimate of drug-likeness (QED) is 0.0860. The predicted molar refractivity (Wildman–Crippen MR) is 386 cm³/mol. The van der Waals surface area contributed by atoms with Crippen molar-refractivity contribution in [3.05, 3.63) is 191 Å². The van der Waals surface area contributed by atoms with E-state index in [0.29, 0.717) is 79.0 Å². The van der Waals surface area contributed by atoms with Crippen molar-refractivity contribution >= 4 is 80.2 Å². The molecule has 2 unspecified atom stereocenters. The van der Waals surface area contributed by atoms with Crippen LogP contribution in [0.4, 0.5) is 27.5 Å². The first kappa shape index (κ1) is 67.7. The van der Waals surface area contributed by atoms with Gasteiger partial charge in [0.15, 0.2) is 35.5 Å². The number of hydrogen-bond acceptors (Lipinski definition) is 15. The zero-order chi connectivity index (χ0) is 70.0. The number of benzene rings is 8. The first-order valence-electron chi connectivity index (χ1n) is 35.1. The molecule has 2 N–H and O–H groups in total. The van der Waals surface area contributed by atoms with Gasteiger partial charge in [-0.1, -0.05) is 124 Å². The fourth-order valence-electron chi connectivity index (χ4n) is 15.6. The van der Waals surface area contributed by atoms with Crippen LogP contribution < -0.4 is 33.6 Å². The van der Waals surface area contributed by atoms with Crippen molar-refractivity contribution in [2.24, 2.45) is 4.99 Å². The summed E-state index contributed by atoms with van der Waals surface area (Å²) in [5.41, 5.74) is 8.77. The first-order valence-corrected chi connectivity index (χ1v) is 35.1. The Balaban J connectivity index is 0.000000177. The lowest BCUT2D eigenvalue weighted by molar-refractivity contribution is -0.198. The molecule has 0 spiro atoms. The molecule has 20 heteroatoms. The molecule has 0 saturated carbocycles. The smallest absolute Gasteiger partial charge is 0.416 e. The zero-order valence-electron chi connectivity index (χ0n) is 57.4. The molecule has 0 bridgehead atoms. The van der Waals surface area contributed by atoms with Gasteiger partial charge in [0.25, 0.3) is 11.8 Å². The number of amides is 5. The van der Waals surface area contributed by atoms with Gasteiger partial charge >= 0.3 is 6.09 Å². The van der Waals surface area contributed by atoms with E-state index < -0.39 is 24.7 Å². The monoisotopic (exact) mass is 1360 g/mol. The minimum atomic E-state index is -0.875. The van der Waals surface area contributed by atoms with Crippen LogP contribution in [0, 0.1) is 0 Å². The summed E-state index contributed by atoms with van der Waals surface area (Å²) in [6.07, 6.45) is 9.56. The van der Waals surface area contributed by atoms with E-state index in [4.69, 9.17) is 33.2 Å². The molecule has 7 aliphatic rings. The largest absolute Gasteiger partial charge is 0.507 e. The topological polar surface area (TPSA) is 219 Å². The van der Waals surface area contributed by atoms with Gasteiger partial charge in [0.2, 0.25) is 11.8 Å². The number of carbonyl (C=O) groups is 5. The molecule has 5 amide bonds. The Morgan fingerprint density at radius 3 is 1.69 bits per heavy atom. The van der Waals surface area contributed by atoms with Crippen LogP contribution in [0.2, 0.25) is 0 Å². The molecule has 7 aliphatic heterocycles. The molecule has 3 saturated heterocycles. The fourth-order valence-corrected chi connectivity index (χ4v) is 15.6. The summed E-state index contributed by atoms with van der Waals surface area (Å²) < 4.78 is 42.2. The fraction of sp³-hybridized carbons (Fsp3) is 0.358. The van der Waals surface area contributed by atoms with Gasteiger partial charge in [-0.25, -0.2) is 9.69 Å². The Hall–Kier alpha value is -10.4. The third-order valence-corrected chi connectivity index (χ3v) is 20.5. The van der Waals surface area contributed by atoms with Crippen molar-refractivity contribution in [2.75, 3.05) is 68.3 Å². The second-order valence-corrected chi connectivity index (χ2v) is 27.1. The summed E-state index contributed by atoms with van der Waals surface area (Å²) in [6, 6.07) is 40.8. The molecule has 0 aromatic heterocycles. The lowest BCUT2D eigenvalue weighted by Gasteiger charge is -2.42. The molecule has 20 nitrogen and oxygen atoms in total. The molecule has 522 valence electrons. The second kappa shape index (κ2) is 29.4. The van der Waals surface area contributed by atoms with E-state index in [9.17, 15) is 34.2 Å². The van der Waals surface area contributed by atoms with E-state index in [2.05, 4.69) is 25.4 Å². The Bertz CT molecular complexity index is 4570. The number of ether oxygens (including phenoxy) is 7. The molecule has 8 aromatic rings. The van der Waals surface area contributed by atoms with Gasteiger partial charge < -0.3 is 63.0 Å². The highest BCUT2D eigenvalue weighted by Crippen LogP contribution is 2.48. The van der Waals surface area contributed by atoms with Crippen LogP contribution in [-0.4, -0.2) is 134 Å². The van der Waals surface area contributed by atoms with Gasteiger partial charge in [-0.15, -0.1) is 0 Å². The molecule has 101 heavy (non-hydrogen) atoms. The van der Waals surface area contributed by atoms with Gasteiger partial charge in [0.1, 0.15) is 31.3 Å². The Morgan fingerprint density at radius 1 is 0.584 bits per heavy atom. The van der Waals surface area contributed by atoms with Gasteiger partial charge in [-0.05, 0) is 114 Å². The summed E-state index contributed by atoms with van der Waals surface area (Å²) in [5.74, 6) is 1.90. The zero-order valence-corrected chi connectivity index (χ0v) is 57.4. The van der Waals surface area contributed by atoms with Crippen molar-refractivity contribution in [3.8, 4) is 34.5 Å². The molecular formula is C81H84N6O14. The molecule has 7 heterocycles. The van der Waals surface area contributed by atoms with E-state index in [1.54, 1.807) is 58.2 Å². The van der Waals surface area contributed by atoms with Crippen LogP contribution in [-0.2, 0) is 49.9 Å². The molecule has 0 aliphatic carbocycles. The summed E-state index contributed by atoms with van der Waals surface area (Å²) in [6.45, 7) is 11.2. The van der Waals surface area contributed by atoms with Crippen LogP contribution in [0.15, 0.2) is 151 Å². The Kier molecular flexibility index (Phi) is 19.7. The minimum Gasteiger partial charge on any atom is -0.507 e. The standard InChI is InChI=1S/C45H49N3O9.C36H35N3O5/c1-4-19-55-45(52)48-35-25-39(38(53-3)23-33(35)43(51)46-18-9-7-16-34(46)44(48)57-41-17-8-10-20-54-41)56-27-30-13-11-12-29(21-30)22-40(50)47-26-28(2)42-32-15-6-5-14-31(32)37(49)24-36(42)47;1-22-20-39(30-18-31(40)26-11-3-4-12-27(26)35(22)30)34(41)15-23-8-7-9-24(14-23)21-44-33-17-29-28(16-32(33)43-2)36(42)38-13-6-5-10-25(38)19-37-29/h4-6,11-15,21,23-25,28,34,41,44,49H,1,7-10,16-20,22,26-27H2,2-3H3;3-4,7-9,11-12,14,16-19,22,25,40H,5-6,10,13,15,20-21H2,1-2H3/t28-,34+,41?,44?;22-,25+/m11/s1.